The van der Waals surface area contributed by atoms with E-state index in [4.69, 9.17) is 16.3 Å². The molecule has 0 aliphatic rings. The second-order valence-electron chi connectivity index (χ2n) is 4.00. The molecule has 106 valence electrons. The van der Waals surface area contributed by atoms with E-state index in [2.05, 4.69) is 37.9 Å². The summed E-state index contributed by atoms with van der Waals surface area (Å²) >= 11 is 8.28. The fraction of sp³-hybridized carbons (Fsp3) is 0.231. The van der Waals surface area contributed by atoms with E-state index in [1.165, 1.54) is 7.11 Å². The first-order valence-electron chi connectivity index (χ1n) is 5.76. The molecule has 2 rings (SSSR count). The van der Waals surface area contributed by atoms with Crippen molar-refractivity contribution in [1.29, 1.82) is 0 Å². The summed E-state index contributed by atoms with van der Waals surface area (Å²) in [5, 5.41) is 1.38. The first-order chi connectivity index (χ1) is 9.54. The molecule has 1 N–H and O–H groups in total. The van der Waals surface area contributed by atoms with Crippen molar-refractivity contribution in [1.82, 2.24) is 10.5 Å². The minimum atomic E-state index is -0.713. The Hall–Kier alpha value is -1.12. The molecule has 0 saturated carbocycles. The predicted molar refractivity (Wildman–Crippen MR) is 84.7 cm³/mol. The summed E-state index contributed by atoms with van der Waals surface area (Å²) in [6.45, 7) is 1.63. The lowest BCUT2D eigenvalue weighted by Crippen LogP contribution is -2.35. The molecule has 1 aromatic carbocycles. The van der Waals surface area contributed by atoms with E-state index in [0.717, 1.165) is 8.96 Å². The van der Waals surface area contributed by atoms with Gasteiger partial charge in [-0.25, -0.2) is 5.48 Å². The van der Waals surface area contributed by atoms with Gasteiger partial charge in [-0.2, -0.15) is 0 Å². The van der Waals surface area contributed by atoms with Gasteiger partial charge in [0.15, 0.2) is 11.9 Å². The van der Waals surface area contributed by atoms with Gasteiger partial charge in [-0.3, -0.25) is 14.6 Å². The first kappa shape index (κ1) is 15.3. The molecule has 5 nitrogen and oxygen atoms in total. The Morgan fingerprint density at radius 3 is 3.00 bits per heavy atom. The van der Waals surface area contributed by atoms with E-state index >= 15 is 0 Å². The smallest absolute Gasteiger partial charge is 0.284 e. The lowest BCUT2D eigenvalue weighted by Gasteiger charge is -2.16. The Balaban J connectivity index is 2.41. The Morgan fingerprint density at radius 2 is 2.30 bits per heavy atom. The third-order valence-corrected chi connectivity index (χ3v) is 3.73. The molecule has 0 spiro atoms. The minimum absolute atomic E-state index is 0.373. The number of halogens is 2. The average Bonchev–Trinajstić information content (AvgIpc) is 2.43. The Kier molecular flexibility index (Phi) is 5.00. The van der Waals surface area contributed by atoms with Crippen molar-refractivity contribution in [2.45, 2.75) is 13.0 Å². The van der Waals surface area contributed by atoms with Crippen LogP contribution in [0.2, 0.25) is 5.02 Å². The molecule has 0 fully saturated rings. The molecule has 1 amide bonds. The fourth-order valence-corrected chi connectivity index (χ4v) is 2.81. The molecule has 2 aromatic rings. The van der Waals surface area contributed by atoms with Gasteiger partial charge < -0.3 is 4.74 Å². The SMILES string of the molecule is CONC(=O)[C@@H](C)Oc1c(I)cc(Cl)c2cccnc12. The zero-order chi connectivity index (χ0) is 14.7. The van der Waals surface area contributed by atoms with Gasteiger partial charge in [-0.1, -0.05) is 11.6 Å². The summed E-state index contributed by atoms with van der Waals surface area (Å²) in [6.07, 6.45) is 0.941. The van der Waals surface area contributed by atoms with Crippen molar-refractivity contribution in [3.8, 4) is 5.75 Å². The van der Waals surface area contributed by atoms with Crippen LogP contribution in [0.1, 0.15) is 6.92 Å². The molecule has 0 aliphatic carbocycles. The Labute approximate surface area is 134 Å². The largest absolute Gasteiger partial charge is 0.477 e. The normalized spacial score (nSPS) is 12.2. The number of ether oxygens (including phenoxy) is 1. The number of hydroxylamine groups is 1. The van der Waals surface area contributed by atoms with Gasteiger partial charge in [0.05, 0.1) is 15.7 Å². The van der Waals surface area contributed by atoms with E-state index in [0.29, 0.717) is 16.3 Å². The van der Waals surface area contributed by atoms with Gasteiger partial charge in [0, 0.05) is 11.6 Å². The third kappa shape index (κ3) is 3.13. The van der Waals surface area contributed by atoms with Gasteiger partial charge in [0.1, 0.15) is 5.52 Å². The van der Waals surface area contributed by atoms with Crippen molar-refractivity contribution in [2.75, 3.05) is 7.11 Å². The van der Waals surface area contributed by atoms with Crippen molar-refractivity contribution >= 4 is 51.0 Å². The molecular weight excluding hydrogens is 395 g/mol. The zero-order valence-electron chi connectivity index (χ0n) is 10.8. The maximum absolute atomic E-state index is 11.7. The van der Waals surface area contributed by atoms with Crippen molar-refractivity contribution < 1.29 is 14.4 Å². The summed E-state index contributed by atoms with van der Waals surface area (Å²) in [5.74, 6) is 0.159. The molecule has 20 heavy (non-hydrogen) atoms. The number of nitrogens with one attached hydrogen (secondary N) is 1. The number of hydrogen-bond acceptors (Lipinski definition) is 4. The predicted octanol–water partition coefficient (Wildman–Crippen LogP) is 2.94. The summed E-state index contributed by atoms with van der Waals surface area (Å²) in [5.41, 5.74) is 2.86. The summed E-state index contributed by atoms with van der Waals surface area (Å²) in [6, 6.07) is 5.43. The van der Waals surface area contributed by atoms with Crippen LogP contribution in [0.25, 0.3) is 10.9 Å². The molecule has 1 aromatic heterocycles. The summed E-state index contributed by atoms with van der Waals surface area (Å²) in [7, 11) is 1.37. The third-order valence-electron chi connectivity index (χ3n) is 2.62. The van der Waals surface area contributed by atoms with Gasteiger partial charge in [-0.15, -0.1) is 0 Å². The lowest BCUT2D eigenvalue weighted by molar-refractivity contribution is -0.137. The summed E-state index contributed by atoms with van der Waals surface area (Å²) < 4.78 is 6.49. The number of benzene rings is 1. The van der Waals surface area contributed by atoms with Crippen molar-refractivity contribution in [3.63, 3.8) is 0 Å². The van der Waals surface area contributed by atoms with E-state index in [-0.39, 0.29) is 5.91 Å². The molecule has 1 heterocycles. The number of amides is 1. The number of nitrogens with zero attached hydrogens (tertiary/aromatic N) is 1. The molecular formula is C13H12ClIN2O3. The highest BCUT2D eigenvalue weighted by Crippen LogP contribution is 2.35. The first-order valence-corrected chi connectivity index (χ1v) is 7.22. The average molecular weight is 407 g/mol. The standard InChI is InChI=1S/C13H12ClIN2O3/c1-7(13(18)17-19-2)20-12-10(15)6-9(14)8-4-3-5-16-11(8)12/h3-7H,1-2H3,(H,17,18)/t7-/m1/s1. The van der Waals surface area contributed by atoms with Crippen LogP contribution < -0.4 is 10.2 Å². The number of fused-ring (bicyclic) bond motifs is 1. The van der Waals surface area contributed by atoms with Gasteiger partial charge >= 0.3 is 0 Å². The monoisotopic (exact) mass is 406 g/mol. The van der Waals surface area contributed by atoms with E-state index in [1.807, 2.05) is 6.07 Å². The maximum Gasteiger partial charge on any atom is 0.284 e. The number of carbonyl (C=O) groups is 1. The molecule has 1 atom stereocenters. The van der Waals surface area contributed by atoms with Crippen LogP contribution in [0, 0.1) is 3.57 Å². The highest BCUT2D eigenvalue weighted by molar-refractivity contribution is 14.1. The minimum Gasteiger partial charge on any atom is -0.477 e. The van der Waals surface area contributed by atoms with E-state index in [9.17, 15) is 4.79 Å². The van der Waals surface area contributed by atoms with E-state index in [1.54, 1.807) is 25.3 Å². The molecule has 0 saturated heterocycles. The molecule has 0 aliphatic heterocycles. The van der Waals surface area contributed by atoms with Crippen LogP contribution >= 0.6 is 34.2 Å². The number of aromatic nitrogens is 1. The number of rotatable bonds is 4. The summed E-state index contributed by atoms with van der Waals surface area (Å²) in [4.78, 5) is 20.5. The van der Waals surface area contributed by atoms with Crippen molar-refractivity contribution in [3.05, 3.63) is 33.0 Å². The quantitative estimate of drug-likeness (QED) is 0.626. The van der Waals surface area contributed by atoms with Gasteiger partial charge in [0.2, 0.25) is 0 Å². The molecule has 0 bridgehead atoms. The van der Waals surface area contributed by atoms with Crippen LogP contribution in [0.3, 0.4) is 0 Å². The van der Waals surface area contributed by atoms with Crippen LogP contribution in [-0.2, 0) is 9.63 Å². The maximum atomic E-state index is 11.7. The van der Waals surface area contributed by atoms with Crippen LogP contribution in [0.4, 0.5) is 0 Å². The molecule has 7 heteroatoms. The second kappa shape index (κ2) is 6.55. The number of carbonyl (C=O) groups excluding carboxylic acids is 1. The molecule has 0 radical (unpaired) electrons. The highest BCUT2D eigenvalue weighted by atomic mass is 127. The van der Waals surface area contributed by atoms with Gasteiger partial charge in [-0.05, 0) is 47.7 Å². The highest BCUT2D eigenvalue weighted by Gasteiger charge is 2.19. The Bertz CT molecular complexity index is 651. The topological polar surface area (TPSA) is 60.5 Å². The van der Waals surface area contributed by atoms with Gasteiger partial charge in [0.25, 0.3) is 5.91 Å². The van der Waals surface area contributed by atoms with Crippen molar-refractivity contribution in [2.24, 2.45) is 0 Å². The van der Waals surface area contributed by atoms with Crippen LogP contribution in [-0.4, -0.2) is 24.1 Å². The second-order valence-corrected chi connectivity index (χ2v) is 5.57. The fourth-order valence-electron chi connectivity index (χ4n) is 1.67. The van der Waals surface area contributed by atoms with E-state index < -0.39 is 6.10 Å². The van der Waals surface area contributed by atoms with Crippen LogP contribution in [0.5, 0.6) is 5.75 Å². The zero-order valence-corrected chi connectivity index (χ0v) is 13.7. The molecule has 0 unspecified atom stereocenters. The Morgan fingerprint density at radius 1 is 1.55 bits per heavy atom. The number of pyridine rings is 1. The lowest BCUT2D eigenvalue weighted by atomic mass is 10.2. The number of hydrogen-bond donors (Lipinski definition) is 1. The van der Waals surface area contributed by atoms with Crippen LogP contribution in [0.15, 0.2) is 24.4 Å².